The molecule has 0 heterocycles. The first-order valence-electron chi connectivity index (χ1n) is 6.23. The van der Waals surface area contributed by atoms with E-state index in [0.717, 1.165) is 18.2 Å². The van der Waals surface area contributed by atoms with Gasteiger partial charge in [0.1, 0.15) is 0 Å². The summed E-state index contributed by atoms with van der Waals surface area (Å²) in [6, 6.07) is 8.72. The number of amides is 1. The Morgan fingerprint density at radius 2 is 1.87 bits per heavy atom. The van der Waals surface area contributed by atoms with Crippen molar-refractivity contribution >= 4 is 35.3 Å². The minimum absolute atomic E-state index is 0.154. The third-order valence-corrected chi connectivity index (χ3v) is 3.35. The van der Waals surface area contributed by atoms with Crippen LogP contribution in [0.4, 0.5) is 13.2 Å². The standard InChI is InChI=1S/C15H9Cl2F3N2O/c16-12-5-4-10(13(17)7-12)8-21-22-14(23)9-2-1-3-11(6-9)15(18,19)20/h1-8H,(H,22,23)/b21-8-. The van der Waals surface area contributed by atoms with E-state index in [-0.39, 0.29) is 5.56 Å². The molecule has 0 saturated carbocycles. The summed E-state index contributed by atoms with van der Waals surface area (Å²) in [7, 11) is 0. The van der Waals surface area contributed by atoms with E-state index in [1.165, 1.54) is 18.3 Å². The number of nitrogens with one attached hydrogen (secondary N) is 1. The number of nitrogens with zero attached hydrogens (tertiary/aromatic N) is 1. The Bertz CT molecular complexity index is 761. The number of carbonyl (C=O) groups is 1. The van der Waals surface area contributed by atoms with Crippen LogP contribution in [0.3, 0.4) is 0 Å². The first-order valence-corrected chi connectivity index (χ1v) is 6.98. The highest BCUT2D eigenvalue weighted by atomic mass is 35.5. The molecule has 3 nitrogen and oxygen atoms in total. The number of benzene rings is 2. The highest BCUT2D eigenvalue weighted by Crippen LogP contribution is 2.29. The van der Waals surface area contributed by atoms with Crippen LogP contribution < -0.4 is 5.43 Å². The molecule has 23 heavy (non-hydrogen) atoms. The summed E-state index contributed by atoms with van der Waals surface area (Å²) in [5, 5.41) is 4.44. The average Bonchev–Trinajstić information content (AvgIpc) is 2.48. The Morgan fingerprint density at radius 3 is 2.52 bits per heavy atom. The molecule has 8 heteroatoms. The van der Waals surface area contributed by atoms with Crippen molar-refractivity contribution in [3.8, 4) is 0 Å². The van der Waals surface area contributed by atoms with Gasteiger partial charge in [0, 0.05) is 16.1 Å². The minimum atomic E-state index is -4.52. The molecule has 0 saturated heterocycles. The number of alkyl halides is 3. The normalized spacial score (nSPS) is 11.7. The molecule has 2 aromatic rings. The number of rotatable bonds is 3. The van der Waals surface area contributed by atoms with Gasteiger partial charge in [-0.1, -0.05) is 35.3 Å². The van der Waals surface area contributed by atoms with Gasteiger partial charge in [-0.25, -0.2) is 5.43 Å². The van der Waals surface area contributed by atoms with Crippen LogP contribution >= 0.6 is 23.2 Å². The Morgan fingerprint density at radius 1 is 1.13 bits per heavy atom. The Labute approximate surface area is 139 Å². The van der Waals surface area contributed by atoms with Crippen molar-refractivity contribution in [3.63, 3.8) is 0 Å². The van der Waals surface area contributed by atoms with E-state index in [0.29, 0.717) is 15.6 Å². The zero-order valence-corrected chi connectivity index (χ0v) is 12.9. The number of hydrogen-bond acceptors (Lipinski definition) is 2. The van der Waals surface area contributed by atoms with Crippen molar-refractivity contribution in [2.24, 2.45) is 5.10 Å². The lowest BCUT2D eigenvalue weighted by atomic mass is 10.1. The maximum absolute atomic E-state index is 12.6. The molecule has 120 valence electrons. The van der Waals surface area contributed by atoms with Gasteiger partial charge in [0.25, 0.3) is 5.91 Å². The summed E-state index contributed by atoms with van der Waals surface area (Å²) < 4.78 is 37.8. The molecule has 0 atom stereocenters. The molecule has 1 N–H and O–H groups in total. The van der Waals surface area contributed by atoms with Crippen molar-refractivity contribution in [1.29, 1.82) is 0 Å². The van der Waals surface area contributed by atoms with E-state index in [9.17, 15) is 18.0 Å². The van der Waals surface area contributed by atoms with Crippen molar-refractivity contribution in [2.45, 2.75) is 6.18 Å². The second kappa shape index (κ2) is 7.02. The van der Waals surface area contributed by atoms with E-state index in [4.69, 9.17) is 23.2 Å². The molecule has 0 fully saturated rings. The van der Waals surface area contributed by atoms with Gasteiger partial charge in [-0.05, 0) is 30.3 Å². The van der Waals surface area contributed by atoms with Crippen LogP contribution in [0, 0.1) is 0 Å². The van der Waals surface area contributed by atoms with Crippen LogP contribution in [0.5, 0.6) is 0 Å². The second-order valence-electron chi connectivity index (χ2n) is 4.44. The number of hydrogen-bond donors (Lipinski definition) is 1. The van der Waals surface area contributed by atoms with Crippen LogP contribution in [0.25, 0.3) is 0 Å². The maximum atomic E-state index is 12.6. The lowest BCUT2D eigenvalue weighted by Crippen LogP contribution is -2.18. The summed E-state index contributed by atoms with van der Waals surface area (Å²) >= 11 is 11.7. The Balaban J connectivity index is 2.09. The van der Waals surface area contributed by atoms with Crippen molar-refractivity contribution < 1.29 is 18.0 Å². The molecule has 0 aromatic heterocycles. The van der Waals surface area contributed by atoms with E-state index in [1.54, 1.807) is 12.1 Å². The molecule has 0 aliphatic heterocycles. The lowest BCUT2D eigenvalue weighted by molar-refractivity contribution is -0.137. The predicted molar refractivity (Wildman–Crippen MR) is 83.0 cm³/mol. The van der Waals surface area contributed by atoms with E-state index in [2.05, 4.69) is 10.5 Å². The predicted octanol–water partition coefficient (Wildman–Crippen LogP) is 4.78. The van der Waals surface area contributed by atoms with Crippen molar-refractivity contribution in [1.82, 2.24) is 5.43 Å². The number of halogens is 5. The van der Waals surface area contributed by atoms with E-state index >= 15 is 0 Å². The van der Waals surface area contributed by atoms with Gasteiger partial charge in [-0.3, -0.25) is 4.79 Å². The van der Waals surface area contributed by atoms with Gasteiger partial charge in [0.2, 0.25) is 0 Å². The molecule has 0 spiro atoms. The van der Waals surface area contributed by atoms with Gasteiger partial charge in [-0.15, -0.1) is 0 Å². The second-order valence-corrected chi connectivity index (χ2v) is 5.29. The highest BCUT2D eigenvalue weighted by Gasteiger charge is 2.30. The topological polar surface area (TPSA) is 41.5 Å². The van der Waals surface area contributed by atoms with Gasteiger partial charge in [0.05, 0.1) is 16.8 Å². The summed E-state index contributed by atoms with van der Waals surface area (Å²) in [5.74, 6) is -0.766. The van der Waals surface area contributed by atoms with E-state index < -0.39 is 17.6 Å². The number of hydrazone groups is 1. The van der Waals surface area contributed by atoms with Gasteiger partial charge in [0.15, 0.2) is 0 Å². The number of carbonyl (C=O) groups excluding carboxylic acids is 1. The first-order chi connectivity index (χ1) is 10.8. The molecule has 2 aromatic carbocycles. The smallest absolute Gasteiger partial charge is 0.267 e. The van der Waals surface area contributed by atoms with Gasteiger partial charge >= 0.3 is 6.18 Å². The zero-order valence-electron chi connectivity index (χ0n) is 11.4. The van der Waals surface area contributed by atoms with Gasteiger partial charge in [-0.2, -0.15) is 18.3 Å². The summed E-state index contributed by atoms with van der Waals surface area (Å²) in [4.78, 5) is 11.8. The van der Waals surface area contributed by atoms with Crippen LogP contribution in [-0.4, -0.2) is 12.1 Å². The van der Waals surface area contributed by atoms with Crippen molar-refractivity contribution in [3.05, 3.63) is 69.2 Å². The van der Waals surface area contributed by atoms with E-state index in [1.807, 2.05) is 0 Å². The summed E-state index contributed by atoms with van der Waals surface area (Å²) in [6.45, 7) is 0. The molecule has 0 radical (unpaired) electrons. The Kier molecular flexibility index (Phi) is 5.28. The van der Waals surface area contributed by atoms with Gasteiger partial charge < -0.3 is 0 Å². The maximum Gasteiger partial charge on any atom is 0.416 e. The Hall–Kier alpha value is -2.05. The lowest BCUT2D eigenvalue weighted by Gasteiger charge is -2.07. The molecule has 2 rings (SSSR count). The van der Waals surface area contributed by atoms with Crippen LogP contribution in [-0.2, 0) is 6.18 Å². The molecule has 0 aliphatic carbocycles. The van der Waals surface area contributed by atoms with Crippen LogP contribution in [0.15, 0.2) is 47.6 Å². The van der Waals surface area contributed by atoms with Crippen LogP contribution in [0.2, 0.25) is 10.0 Å². The fourth-order valence-electron chi connectivity index (χ4n) is 1.67. The largest absolute Gasteiger partial charge is 0.416 e. The third-order valence-electron chi connectivity index (χ3n) is 2.78. The molecule has 0 bridgehead atoms. The fraction of sp³-hybridized carbons (Fsp3) is 0.0667. The molecular formula is C15H9Cl2F3N2O. The molecule has 0 aliphatic rings. The summed E-state index contributed by atoms with van der Waals surface area (Å²) in [6.07, 6.45) is -3.25. The quantitative estimate of drug-likeness (QED) is 0.621. The van der Waals surface area contributed by atoms with Crippen LogP contribution in [0.1, 0.15) is 21.5 Å². The van der Waals surface area contributed by atoms with Crippen molar-refractivity contribution in [2.75, 3.05) is 0 Å². The first kappa shape index (κ1) is 17.3. The zero-order chi connectivity index (χ0) is 17.0. The monoisotopic (exact) mass is 360 g/mol. The summed E-state index contributed by atoms with van der Waals surface area (Å²) in [5.41, 5.74) is 1.58. The molecule has 1 amide bonds. The highest BCUT2D eigenvalue weighted by molar-refractivity contribution is 6.36. The SMILES string of the molecule is O=C(N/N=C\c1ccc(Cl)cc1Cl)c1cccc(C(F)(F)F)c1. The fourth-order valence-corrected chi connectivity index (χ4v) is 2.13. The molecular weight excluding hydrogens is 352 g/mol. The third kappa shape index (κ3) is 4.71. The molecule has 0 unspecified atom stereocenters. The average molecular weight is 361 g/mol. The minimum Gasteiger partial charge on any atom is -0.267 e.